The molecule has 0 aliphatic rings. The Balaban J connectivity index is 2.93. The molecule has 50 valence electrons. The molecule has 0 heterocycles. The monoisotopic (exact) mass is 254 g/mol. The number of hydrogen-bond acceptors (Lipinski definition) is 6. The number of rotatable bonds is 3. The molecule has 0 fully saturated rings. The third-order valence-corrected chi connectivity index (χ3v) is 1.18. The van der Waals surface area contributed by atoms with Crippen molar-refractivity contribution in [2.24, 2.45) is 0 Å². The molecule has 8 heavy (non-hydrogen) atoms. The highest BCUT2D eigenvalue weighted by atomic mass is 80.0. The number of halogens is 2. The second kappa shape index (κ2) is 4.58. The normalized spacial score (nSPS) is 11.2. The minimum absolute atomic E-state index is 3.22. The van der Waals surface area contributed by atoms with E-state index in [-0.39, 0.29) is 0 Å². The molecule has 0 saturated carbocycles. The third-order valence-electron chi connectivity index (χ3n) is 0.127. The molecule has 0 atom stereocenters. The van der Waals surface area contributed by atoms with E-state index in [1.165, 1.54) is 0 Å². The Bertz CT molecular complexity index is 42.5. The highest BCUT2D eigenvalue weighted by Gasteiger charge is 2.25. The summed E-state index contributed by atoms with van der Waals surface area (Å²) in [5.74, 6) is 0. The molecule has 0 radical (unpaired) electrons. The predicted molar refractivity (Wildman–Crippen MR) is 2.17 cm³/mol. The van der Waals surface area contributed by atoms with Crippen LogP contribution in [0.2, 0.25) is 0 Å². The van der Waals surface area contributed by atoms with Gasteiger partial charge in [-0.3, -0.25) is 0 Å². The van der Waals surface area contributed by atoms with Gasteiger partial charge < -0.3 is 16.8 Å². The first-order valence-corrected chi connectivity index (χ1v) is 4.98. The first-order valence-electron chi connectivity index (χ1n) is 1.09. The molecule has 8 heteroatoms. The van der Waals surface area contributed by atoms with Crippen molar-refractivity contribution >= 4 is 0 Å². The van der Waals surface area contributed by atoms with Gasteiger partial charge in [0.05, 0.1) is 0 Å². The molecular formula is Br2O6. The quantitative estimate of drug-likeness (QED) is 0.369. The lowest BCUT2D eigenvalue weighted by atomic mass is 15.0. The van der Waals surface area contributed by atoms with E-state index in [0.717, 1.165) is 0 Å². The van der Waals surface area contributed by atoms with Gasteiger partial charge >= 0.3 is 29.6 Å². The van der Waals surface area contributed by atoms with Gasteiger partial charge in [0.1, 0.15) is 0 Å². The molecule has 0 spiro atoms. The van der Waals surface area contributed by atoms with Crippen LogP contribution >= 0.6 is 0 Å². The highest BCUT2D eigenvalue weighted by Crippen LogP contribution is 1.81. The van der Waals surface area contributed by atoms with Crippen molar-refractivity contribution < 1.29 is 54.4 Å². The summed E-state index contributed by atoms with van der Waals surface area (Å²) in [4.78, 5) is 0. The van der Waals surface area contributed by atoms with Crippen LogP contribution in [0, 0.1) is 29.6 Å². The SMILES string of the molecule is [O-][Br+2]([O-])OO[Br+2]([O-])[O-]. The summed E-state index contributed by atoms with van der Waals surface area (Å²) >= 11 is -7.09. The second-order valence-electron chi connectivity index (χ2n) is 0.504. The van der Waals surface area contributed by atoms with Crippen LogP contribution in [-0.2, 0) is 7.96 Å². The fourth-order valence-corrected chi connectivity index (χ4v) is 1.05. The van der Waals surface area contributed by atoms with E-state index < -0.39 is 29.6 Å². The van der Waals surface area contributed by atoms with Gasteiger partial charge in [0.15, 0.2) is 0 Å². The minimum atomic E-state index is -3.54. The lowest BCUT2D eigenvalue weighted by Gasteiger charge is -1.82. The maximum atomic E-state index is 9.37. The zero-order valence-corrected chi connectivity index (χ0v) is 6.38. The summed E-state index contributed by atoms with van der Waals surface area (Å²) in [7, 11) is 0. The van der Waals surface area contributed by atoms with Crippen LogP contribution in [0.5, 0.6) is 0 Å². The van der Waals surface area contributed by atoms with Crippen LogP contribution in [0.3, 0.4) is 0 Å². The molecule has 0 aromatic rings. The van der Waals surface area contributed by atoms with Crippen molar-refractivity contribution in [3.05, 3.63) is 0 Å². The first kappa shape index (κ1) is 8.72. The highest BCUT2D eigenvalue weighted by molar-refractivity contribution is 2.63. The second-order valence-corrected chi connectivity index (χ2v) is 2.62. The van der Waals surface area contributed by atoms with Crippen molar-refractivity contribution in [2.75, 3.05) is 0 Å². The molecule has 6 nitrogen and oxygen atoms in total. The Kier molecular flexibility index (Phi) is 5.00. The molecule has 0 bridgehead atoms. The molecule has 0 saturated heterocycles. The smallest absolute Gasteiger partial charge is 0.369 e. The Hall–Kier alpha value is 0.720. The van der Waals surface area contributed by atoms with Crippen molar-refractivity contribution in [2.45, 2.75) is 0 Å². The fourth-order valence-electron chi connectivity index (χ4n) is 0.0389. The fraction of sp³-hybridized carbons (Fsp3) is 0. The zero-order valence-electron chi connectivity index (χ0n) is 3.21. The van der Waals surface area contributed by atoms with Gasteiger partial charge in [0, 0.05) is 0 Å². The number of hydrogen-bond donors (Lipinski definition) is 0. The van der Waals surface area contributed by atoms with Crippen molar-refractivity contribution in [3.63, 3.8) is 0 Å². The Morgan fingerprint density at radius 3 is 1.12 bits per heavy atom. The summed E-state index contributed by atoms with van der Waals surface area (Å²) in [6.45, 7) is 0. The third kappa shape index (κ3) is 6.72. The summed E-state index contributed by atoms with van der Waals surface area (Å²) < 4.78 is 43.9. The molecule has 0 aromatic heterocycles. The summed E-state index contributed by atoms with van der Waals surface area (Å²) in [5, 5.41) is 0. The zero-order chi connectivity index (χ0) is 6.57. The molecular weight excluding hydrogens is 256 g/mol. The predicted octanol–water partition coefficient (Wildman–Crippen LogP) is -4.89. The van der Waals surface area contributed by atoms with Crippen LogP contribution in [0.1, 0.15) is 0 Å². The topological polar surface area (TPSA) is 111 Å². The molecule has 0 N–H and O–H groups in total. The van der Waals surface area contributed by atoms with Gasteiger partial charge in [-0.05, 0) is 0 Å². The van der Waals surface area contributed by atoms with Crippen molar-refractivity contribution in [1.29, 1.82) is 0 Å². The van der Waals surface area contributed by atoms with Crippen LogP contribution in [0.15, 0.2) is 0 Å². The van der Waals surface area contributed by atoms with Gasteiger partial charge in [-0.2, -0.15) is 0 Å². The van der Waals surface area contributed by atoms with Crippen LogP contribution in [-0.4, -0.2) is 0 Å². The Morgan fingerprint density at radius 2 is 1.00 bits per heavy atom. The maximum Gasteiger partial charge on any atom is 0.492 e. The van der Waals surface area contributed by atoms with E-state index in [9.17, 15) is 16.8 Å². The maximum absolute atomic E-state index is 9.37. The van der Waals surface area contributed by atoms with E-state index in [1.807, 2.05) is 0 Å². The summed E-state index contributed by atoms with van der Waals surface area (Å²) in [5.41, 5.74) is 0. The minimum Gasteiger partial charge on any atom is -0.369 e. The lowest BCUT2D eigenvalue weighted by Crippen LogP contribution is -2.40. The first-order chi connectivity index (χ1) is 3.63. The van der Waals surface area contributed by atoms with Gasteiger partial charge in [-0.25, -0.2) is 0 Å². The summed E-state index contributed by atoms with van der Waals surface area (Å²) in [6, 6.07) is 0. The van der Waals surface area contributed by atoms with Crippen LogP contribution < -0.4 is 16.8 Å². The standard InChI is InChI=1S/Br2O6/c3-1(4)7-8-2(5)6. The van der Waals surface area contributed by atoms with Crippen molar-refractivity contribution in [3.8, 4) is 0 Å². The lowest BCUT2D eigenvalue weighted by molar-refractivity contribution is -1.72. The molecule has 0 aromatic carbocycles. The Morgan fingerprint density at radius 1 is 0.750 bits per heavy atom. The average Bonchev–Trinajstić information content (AvgIpc) is 1.61. The average molecular weight is 256 g/mol. The van der Waals surface area contributed by atoms with Crippen LogP contribution in [0.25, 0.3) is 0 Å². The van der Waals surface area contributed by atoms with Crippen LogP contribution in [0.4, 0.5) is 0 Å². The van der Waals surface area contributed by atoms with Gasteiger partial charge in [0.2, 0.25) is 7.96 Å². The van der Waals surface area contributed by atoms with Gasteiger partial charge in [-0.1, -0.05) is 0 Å². The molecule has 0 rings (SSSR count). The Labute approximate surface area is 54.8 Å². The summed E-state index contributed by atoms with van der Waals surface area (Å²) in [6.07, 6.45) is 0. The van der Waals surface area contributed by atoms with Gasteiger partial charge in [0.25, 0.3) is 0 Å². The molecule has 0 aliphatic heterocycles. The van der Waals surface area contributed by atoms with E-state index >= 15 is 0 Å². The van der Waals surface area contributed by atoms with E-state index in [0.29, 0.717) is 0 Å². The molecule has 0 unspecified atom stereocenters. The largest absolute Gasteiger partial charge is 0.492 e. The van der Waals surface area contributed by atoms with Gasteiger partial charge in [-0.15, -0.1) is 0 Å². The van der Waals surface area contributed by atoms with E-state index in [2.05, 4.69) is 7.96 Å². The van der Waals surface area contributed by atoms with Crippen molar-refractivity contribution in [1.82, 2.24) is 0 Å². The van der Waals surface area contributed by atoms with E-state index in [1.54, 1.807) is 0 Å². The molecule has 0 amide bonds. The molecule has 0 aliphatic carbocycles. The van der Waals surface area contributed by atoms with E-state index in [4.69, 9.17) is 0 Å².